The monoisotopic (exact) mass is 351 g/mol. The van der Waals surface area contributed by atoms with Gasteiger partial charge in [-0.05, 0) is 30.4 Å². The van der Waals surface area contributed by atoms with Crippen LogP contribution in [0.25, 0.3) is 0 Å². The highest BCUT2D eigenvalue weighted by Crippen LogP contribution is 2.20. The fourth-order valence-electron chi connectivity index (χ4n) is 2.37. The quantitative estimate of drug-likeness (QED) is 0.839. The lowest BCUT2D eigenvalue weighted by Gasteiger charge is -2.36. The molecule has 5 nitrogen and oxygen atoms in total. The van der Waals surface area contributed by atoms with Gasteiger partial charge in [0.2, 0.25) is 0 Å². The third kappa shape index (κ3) is 3.86. The highest BCUT2D eigenvalue weighted by atomic mass is 35.5. The van der Waals surface area contributed by atoms with E-state index in [0.717, 1.165) is 32.0 Å². The van der Waals surface area contributed by atoms with Crippen LogP contribution >= 0.6 is 23.8 Å². The van der Waals surface area contributed by atoms with Gasteiger partial charge in [-0.15, -0.1) is 0 Å². The second-order valence-corrected chi connectivity index (χ2v) is 5.89. The predicted octanol–water partition coefficient (Wildman–Crippen LogP) is 2.79. The Morgan fingerprint density at radius 1 is 1.22 bits per heavy atom. The van der Waals surface area contributed by atoms with E-state index < -0.39 is 5.82 Å². The zero-order valence-corrected chi connectivity index (χ0v) is 13.8. The number of halogens is 2. The molecule has 0 atom stereocenters. The number of hydrogen-bond acceptors (Lipinski definition) is 4. The zero-order valence-electron chi connectivity index (χ0n) is 12.2. The Hall–Kier alpha value is -1.99. The second kappa shape index (κ2) is 7.06. The van der Waals surface area contributed by atoms with Crippen LogP contribution in [0.4, 0.5) is 15.9 Å². The number of nitrogens with one attached hydrogen (secondary N) is 1. The van der Waals surface area contributed by atoms with Gasteiger partial charge in [-0.3, -0.25) is 4.98 Å². The number of aromatic nitrogens is 2. The first-order valence-electron chi connectivity index (χ1n) is 7.15. The van der Waals surface area contributed by atoms with Crippen LogP contribution < -0.4 is 10.2 Å². The van der Waals surface area contributed by atoms with E-state index in [2.05, 4.69) is 25.1 Å². The van der Waals surface area contributed by atoms with Gasteiger partial charge in [-0.1, -0.05) is 11.6 Å². The molecule has 23 heavy (non-hydrogen) atoms. The topological polar surface area (TPSA) is 44.3 Å². The summed E-state index contributed by atoms with van der Waals surface area (Å²) in [4.78, 5) is 12.6. The van der Waals surface area contributed by atoms with Crippen LogP contribution in [0.1, 0.15) is 0 Å². The molecule has 2 aromatic rings. The van der Waals surface area contributed by atoms with E-state index >= 15 is 0 Å². The summed E-state index contributed by atoms with van der Waals surface area (Å²) in [6.45, 7) is 3.17. The molecule has 8 heteroatoms. The van der Waals surface area contributed by atoms with Gasteiger partial charge in [0, 0.05) is 44.3 Å². The molecule has 1 aliphatic heterocycles. The molecule has 3 rings (SSSR count). The first kappa shape index (κ1) is 15.9. The van der Waals surface area contributed by atoms with Gasteiger partial charge in [-0.25, -0.2) is 9.37 Å². The average molecular weight is 352 g/mol. The minimum atomic E-state index is -0.444. The van der Waals surface area contributed by atoms with Gasteiger partial charge < -0.3 is 15.1 Å². The minimum Gasteiger partial charge on any atom is -0.352 e. The van der Waals surface area contributed by atoms with Gasteiger partial charge >= 0.3 is 0 Å². The van der Waals surface area contributed by atoms with Crippen molar-refractivity contribution in [1.29, 1.82) is 0 Å². The molecule has 1 aromatic heterocycles. The van der Waals surface area contributed by atoms with Crippen molar-refractivity contribution < 1.29 is 4.39 Å². The highest BCUT2D eigenvalue weighted by molar-refractivity contribution is 7.80. The highest BCUT2D eigenvalue weighted by Gasteiger charge is 2.20. The van der Waals surface area contributed by atoms with Gasteiger partial charge in [0.05, 0.1) is 11.2 Å². The fourth-order valence-corrected chi connectivity index (χ4v) is 2.85. The molecule has 0 spiro atoms. The largest absolute Gasteiger partial charge is 0.352 e. The van der Waals surface area contributed by atoms with Crippen molar-refractivity contribution in [1.82, 2.24) is 14.9 Å². The maximum absolute atomic E-state index is 13.2. The molecule has 2 heterocycles. The van der Waals surface area contributed by atoms with E-state index in [4.69, 9.17) is 23.8 Å². The Kier molecular flexibility index (Phi) is 4.88. The number of rotatable bonds is 2. The molecule has 1 saturated heterocycles. The Bertz CT molecular complexity index is 692. The average Bonchev–Trinajstić information content (AvgIpc) is 2.59. The summed E-state index contributed by atoms with van der Waals surface area (Å²) in [5, 5.41) is 3.77. The predicted molar refractivity (Wildman–Crippen MR) is 93.4 cm³/mol. The van der Waals surface area contributed by atoms with Crippen LogP contribution in [0.15, 0.2) is 36.8 Å². The Labute approximate surface area is 144 Å². The molecule has 0 radical (unpaired) electrons. The third-order valence-electron chi connectivity index (χ3n) is 3.61. The lowest BCUT2D eigenvalue weighted by atomic mass is 10.3. The second-order valence-electron chi connectivity index (χ2n) is 5.10. The number of thiocarbonyl (C=S) groups is 1. The fraction of sp³-hybridized carbons (Fsp3) is 0.267. The van der Waals surface area contributed by atoms with E-state index in [1.807, 2.05) is 0 Å². The summed E-state index contributed by atoms with van der Waals surface area (Å²) in [6, 6.07) is 4.46. The first-order valence-corrected chi connectivity index (χ1v) is 7.94. The Balaban J connectivity index is 1.57. The number of hydrogen-bond donors (Lipinski definition) is 1. The van der Waals surface area contributed by atoms with Gasteiger partial charge in [0.25, 0.3) is 0 Å². The van der Waals surface area contributed by atoms with Crippen LogP contribution in [0.2, 0.25) is 5.02 Å². The molecule has 0 saturated carbocycles. The standard InChI is InChI=1S/C15H15ClFN5S/c16-12-9-11(1-2-13(12)17)20-15(23)22-7-5-21(6-8-22)14-10-18-3-4-19-14/h1-4,9-10H,5-8H2,(H,20,23). The minimum absolute atomic E-state index is 0.0743. The molecule has 0 bridgehead atoms. The summed E-state index contributed by atoms with van der Waals surface area (Å²) < 4.78 is 13.2. The third-order valence-corrected chi connectivity index (χ3v) is 4.26. The van der Waals surface area contributed by atoms with Crippen LogP contribution in [-0.2, 0) is 0 Å². The van der Waals surface area contributed by atoms with E-state index in [0.29, 0.717) is 10.8 Å². The number of anilines is 2. The summed E-state index contributed by atoms with van der Waals surface area (Å²) in [5.74, 6) is 0.428. The molecule has 1 aliphatic rings. The van der Waals surface area contributed by atoms with Crippen LogP contribution in [-0.4, -0.2) is 46.2 Å². The smallest absolute Gasteiger partial charge is 0.173 e. The molecule has 0 unspecified atom stereocenters. The summed E-state index contributed by atoms with van der Waals surface area (Å²) in [7, 11) is 0. The lowest BCUT2D eigenvalue weighted by molar-refractivity contribution is 0.389. The number of piperazine rings is 1. The molecule has 0 aliphatic carbocycles. The normalized spacial score (nSPS) is 14.7. The lowest BCUT2D eigenvalue weighted by Crippen LogP contribution is -2.50. The van der Waals surface area contributed by atoms with Crippen molar-refractivity contribution >= 4 is 40.4 Å². The molecular formula is C15H15ClFN5S. The molecule has 1 fully saturated rings. The van der Waals surface area contributed by atoms with E-state index in [9.17, 15) is 4.39 Å². The van der Waals surface area contributed by atoms with E-state index in [1.165, 1.54) is 12.1 Å². The van der Waals surface area contributed by atoms with Crippen molar-refractivity contribution in [3.05, 3.63) is 47.6 Å². The first-order chi connectivity index (χ1) is 11.1. The van der Waals surface area contributed by atoms with Crippen molar-refractivity contribution in [2.45, 2.75) is 0 Å². The number of nitrogens with zero attached hydrogens (tertiary/aromatic N) is 4. The molecule has 1 N–H and O–H groups in total. The van der Waals surface area contributed by atoms with Crippen LogP contribution in [0.5, 0.6) is 0 Å². The van der Waals surface area contributed by atoms with Crippen molar-refractivity contribution in [2.24, 2.45) is 0 Å². The molecule has 0 amide bonds. The van der Waals surface area contributed by atoms with Gasteiger partial charge in [0.1, 0.15) is 11.6 Å². The molecule has 1 aromatic carbocycles. The summed E-state index contributed by atoms with van der Waals surface area (Å²) >= 11 is 11.2. The maximum atomic E-state index is 13.2. The summed E-state index contributed by atoms with van der Waals surface area (Å²) in [6.07, 6.45) is 5.10. The van der Waals surface area contributed by atoms with Gasteiger partial charge in [0.15, 0.2) is 5.11 Å². The number of benzene rings is 1. The Morgan fingerprint density at radius 2 is 2.00 bits per heavy atom. The summed E-state index contributed by atoms with van der Waals surface area (Å²) in [5.41, 5.74) is 0.678. The van der Waals surface area contributed by atoms with Crippen LogP contribution in [0, 0.1) is 5.82 Å². The molecular weight excluding hydrogens is 337 g/mol. The van der Waals surface area contributed by atoms with Crippen LogP contribution in [0.3, 0.4) is 0 Å². The SMILES string of the molecule is Fc1ccc(NC(=S)N2CCN(c3cnccn3)CC2)cc1Cl. The van der Waals surface area contributed by atoms with Crippen molar-refractivity contribution in [3.63, 3.8) is 0 Å². The van der Waals surface area contributed by atoms with E-state index in [1.54, 1.807) is 24.7 Å². The van der Waals surface area contributed by atoms with Gasteiger partial charge in [-0.2, -0.15) is 0 Å². The Morgan fingerprint density at radius 3 is 2.65 bits per heavy atom. The molecule has 120 valence electrons. The maximum Gasteiger partial charge on any atom is 0.173 e. The van der Waals surface area contributed by atoms with Crippen molar-refractivity contribution in [2.75, 3.05) is 36.4 Å². The van der Waals surface area contributed by atoms with E-state index in [-0.39, 0.29) is 5.02 Å². The van der Waals surface area contributed by atoms with Crippen molar-refractivity contribution in [3.8, 4) is 0 Å². The zero-order chi connectivity index (χ0) is 16.2.